The van der Waals surface area contributed by atoms with E-state index in [0.29, 0.717) is 26.4 Å². The second-order valence-electron chi connectivity index (χ2n) is 5.17. The van der Waals surface area contributed by atoms with Crippen LogP contribution in [0.4, 0.5) is 0 Å². The molecule has 2 aliphatic rings. The van der Waals surface area contributed by atoms with E-state index < -0.39 is 6.04 Å². The molecule has 18 heavy (non-hydrogen) atoms. The van der Waals surface area contributed by atoms with Gasteiger partial charge in [-0.25, -0.2) is 0 Å². The molecule has 2 saturated heterocycles. The zero-order valence-electron chi connectivity index (χ0n) is 10.9. The molecule has 3 atom stereocenters. The van der Waals surface area contributed by atoms with Crippen LogP contribution in [0.3, 0.4) is 0 Å². The molecule has 4 N–H and O–H groups in total. The normalized spacial score (nSPS) is 30.9. The molecular weight excluding hydrogens is 234 g/mol. The van der Waals surface area contributed by atoms with Gasteiger partial charge in [0.05, 0.1) is 18.8 Å². The molecule has 2 rings (SSSR count). The number of ether oxygens (including phenoxy) is 2. The fourth-order valence-electron chi connectivity index (χ4n) is 2.67. The van der Waals surface area contributed by atoms with E-state index >= 15 is 0 Å². The maximum absolute atomic E-state index is 12.2. The van der Waals surface area contributed by atoms with Crippen molar-refractivity contribution in [3.63, 3.8) is 0 Å². The van der Waals surface area contributed by atoms with Gasteiger partial charge in [0.2, 0.25) is 5.91 Å². The summed E-state index contributed by atoms with van der Waals surface area (Å²) in [6.45, 7) is 2.65. The fourth-order valence-corrected chi connectivity index (χ4v) is 2.67. The summed E-state index contributed by atoms with van der Waals surface area (Å²) in [5, 5.41) is 0. The number of methoxy groups -OCH3 is 1. The molecule has 0 spiro atoms. The lowest BCUT2D eigenvalue weighted by molar-refractivity contribution is -0.149. The molecule has 0 aromatic carbocycles. The van der Waals surface area contributed by atoms with Gasteiger partial charge in [-0.15, -0.1) is 0 Å². The predicted octanol–water partition coefficient (Wildman–Crippen LogP) is -0.870. The Bertz CT molecular complexity index is 294. The highest BCUT2D eigenvalue weighted by Crippen LogP contribution is 2.25. The van der Waals surface area contributed by atoms with Gasteiger partial charge in [0.1, 0.15) is 0 Å². The number of amides is 1. The van der Waals surface area contributed by atoms with E-state index in [2.05, 4.69) is 0 Å². The highest BCUT2D eigenvalue weighted by Gasteiger charge is 2.42. The van der Waals surface area contributed by atoms with Crippen LogP contribution in [0.5, 0.6) is 0 Å². The average Bonchev–Trinajstić information content (AvgIpc) is 2.42. The van der Waals surface area contributed by atoms with Gasteiger partial charge in [-0.2, -0.15) is 0 Å². The third-order valence-electron chi connectivity index (χ3n) is 4.00. The molecule has 0 saturated carbocycles. The van der Waals surface area contributed by atoms with Crippen molar-refractivity contribution in [1.82, 2.24) is 4.90 Å². The smallest absolute Gasteiger partial charge is 0.241 e. The quantitative estimate of drug-likeness (QED) is 0.683. The van der Waals surface area contributed by atoms with Crippen LogP contribution in [0.2, 0.25) is 0 Å². The van der Waals surface area contributed by atoms with Crippen molar-refractivity contribution < 1.29 is 14.3 Å². The highest BCUT2D eigenvalue weighted by atomic mass is 16.5. The van der Waals surface area contributed by atoms with Crippen LogP contribution in [0.15, 0.2) is 0 Å². The molecule has 2 fully saturated rings. The van der Waals surface area contributed by atoms with Gasteiger partial charge in [-0.1, -0.05) is 0 Å². The van der Waals surface area contributed by atoms with E-state index in [1.165, 1.54) is 0 Å². The standard InChI is InChI=1S/C12H23N3O3/c1-17-7-9-6-15(11(9)14)12(16)10(13)8-2-4-18-5-3-8/h8-11H,2-7,13-14H2,1H3. The molecule has 1 amide bonds. The number of hydrogen-bond acceptors (Lipinski definition) is 5. The first kappa shape index (κ1) is 13.7. The Labute approximate surface area is 108 Å². The van der Waals surface area contributed by atoms with E-state index in [4.69, 9.17) is 20.9 Å². The van der Waals surface area contributed by atoms with E-state index in [9.17, 15) is 4.79 Å². The van der Waals surface area contributed by atoms with Gasteiger partial charge in [-0.3, -0.25) is 4.79 Å². The highest BCUT2D eigenvalue weighted by molar-refractivity contribution is 5.83. The van der Waals surface area contributed by atoms with Crippen molar-refractivity contribution in [2.45, 2.75) is 25.0 Å². The molecule has 6 nitrogen and oxygen atoms in total. The Morgan fingerprint density at radius 3 is 2.72 bits per heavy atom. The number of carbonyl (C=O) groups excluding carboxylic acids is 1. The first-order valence-corrected chi connectivity index (χ1v) is 6.53. The summed E-state index contributed by atoms with van der Waals surface area (Å²) in [4.78, 5) is 13.9. The van der Waals surface area contributed by atoms with Crippen molar-refractivity contribution in [1.29, 1.82) is 0 Å². The third-order valence-corrected chi connectivity index (χ3v) is 4.00. The summed E-state index contributed by atoms with van der Waals surface area (Å²) in [6, 6.07) is -0.441. The van der Waals surface area contributed by atoms with Gasteiger partial charge in [0, 0.05) is 32.8 Å². The molecular formula is C12H23N3O3. The molecule has 0 bridgehead atoms. The lowest BCUT2D eigenvalue weighted by atomic mass is 9.88. The molecule has 0 aromatic heterocycles. The molecule has 0 radical (unpaired) electrons. The number of likely N-dealkylation sites (tertiary alicyclic amines) is 1. The molecule has 2 aliphatic heterocycles. The van der Waals surface area contributed by atoms with E-state index in [1.54, 1.807) is 12.0 Å². The molecule has 104 valence electrons. The van der Waals surface area contributed by atoms with Gasteiger partial charge < -0.3 is 25.8 Å². The molecule has 3 unspecified atom stereocenters. The minimum Gasteiger partial charge on any atom is -0.384 e. The maximum atomic E-state index is 12.2. The molecule has 6 heteroatoms. The second-order valence-corrected chi connectivity index (χ2v) is 5.17. The first-order chi connectivity index (χ1) is 8.65. The fraction of sp³-hybridized carbons (Fsp3) is 0.917. The van der Waals surface area contributed by atoms with Crippen LogP contribution >= 0.6 is 0 Å². The zero-order valence-corrected chi connectivity index (χ0v) is 10.9. The van der Waals surface area contributed by atoms with Crippen LogP contribution in [-0.4, -0.2) is 56.5 Å². The lowest BCUT2D eigenvalue weighted by Gasteiger charge is -2.47. The van der Waals surface area contributed by atoms with Crippen LogP contribution in [0.1, 0.15) is 12.8 Å². The lowest BCUT2D eigenvalue weighted by Crippen LogP contribution is -2.67. The monoisotopic (exact) mass is 257 g/mol. The average molecular weight is 257 g/mol. The predicted molar refractivity (Wildman–Crippen MR) is 66.6 cm³/mol. The topological polar surface area (TPSA) is 90.8 Å². The molecule has 0 aliphatic carbocycles. The Hall–Kier alpha value is -0.690. The minimum atomic E-state index is -0.441. The molecule has 2 heterocycles. The number of rotatable bonds is 4. The van der Waals surface area contributed by atoms with Gasteiger partial charge in [-0.05, 0) is 18.8 Å². The summed E-state index contributed by atoms with van der Waals surface area (Å²) in [6.07, 6.45) is 1.47. The summed E-state index contributed by atoms with van der Waals surface area (Å²) >= 11 is 0. The van der Waals surface area contributed by atoms with Crippen LogP contribution in [-0.2, 0) is 14.3 Å². The Kier molecular flexibility index (Phi) is 4.55. The number of nitrogens with two attached hydrogens (primary N) is 2. The first-order valence-electron chi connectivity index (χ1n) is 6.53. The van der Waals surface area contributed by atoms with Crippen molar-refractivity contribution in [2.24, 2.45) is 23.3 Å². The third kappa shape index (κ3) is 2.66. The Morgan fingerprint density at radius 1 is 1.50 bits per heavy atom. The van der Waals surface area contributed by atoms with Crippen molar-refractivity contribution in [3.8, 4) is 0 Å². The Balaban J connectivity index is 1.84. The molecule has 0 aromatic rings. The summed E-state index contributed by atoms with van der Waals surface area (Å²) in [5.41, 5.74) is 12.0. The summed E-state index contributed by atoms with van der Waals surface area (Å²) in [7, 11) is 1.64. The van der Waals surface area contributed by atoms with Crippen molar-refractivity contribution in [2.75, 3.05) is 33.5 Å². The zero-order chi connectivity index (χ0) is 13.1. The summed E-state index contributed by atoms with van der Waals surface area (Å²) < 4.78 is 10.3. The Morgan fingerprint density at radius 2 is 2.17 bits per heavy atom. The second kappa shape index (κ2) is 5.97. The van der Waals surface area contributed by atoms with Crippen molar-refractivity contribution >= 4 is 5.91 Å². The van der Waals surface area contributed by atoms with Gasteiger partial charge in [0.25, 0.3) is 0 Å². The maximum Gasteiger partial charge on any atom is 0.241 e. The largest absolute Gasteiger partial charge is 0.384 e. The van der Waals surface area contributed by atoms with Crippen molar-refractivity contribution in [3.05, 3.63) is 0 Å². The van der Waals surface area contributed by atoms with E-state index in [-0.39, 0.29) is 23.9 Å². The van der Waals surface area contributed by atoms with Crippen LogP contribution < -0.4 is 11.5 Å². The van der Waals surface area contributed by atoms with Crippen LogP contribution in [0, 0.1) is 11.8 Å². The van der Waals surface area contributed by atoms with E-state index in [0.717, 1.165) is 12.8 Å². The number of nitrogens with zero attached hydrogens (tertiary/aromatic N) is 1. The SMILES string of the molecule is COCC1CN(C(=O)C(N)C2CCOCC2)C1N. The van der Waals surface area contributed by atoms with Crippen LogP contribution in [0.25, 0.3) is 0 Å². The minimum absolute atomic E-state index is 0.0262. The van der Waals surface area contributed by atoms with Gasteiger partial charge >= 0.3 is 0 Å². The summed E-state index contributed by atoms with van der Waals surface area (Å²) in [5.74, 6) is 0.433. The number of carbonyl (C=O) groups is 1. The number of hydrogen-bond donors (Lipinski definition) is 2. The van der Waals surface area contributed by atoms with E-state index in [1.807, 2.05) is 0 Å². The van der Waals surface area contributed by atoms with Gasteiger partial charge in [0.15, 0.2) is 0 Å².